The van der Waals surface area contributed by atoms with Crippen molar-refractivity contribution in [2.45, 2.75) is 32.0 Å². The normalized spacial score (nSPS) is 16.8. The minimum absolute atomic E-state index is 0.0373. The number of non-ortho nitro benzene ring substituents is 1. The molecule has 8 heteroatoms. The molecule has 1 atom stereocenters. The Bertz CT molecular complexity index is 1000. The molecule has 0 spiro atoms. The first-order chi connectivity index (χ1) is 14.1. The molecule has 0 N–H and O–H groups in total. The molecular formula is C21H23N5O3. The van der Waals surface area contributed by atoms with Gasteiger partial charge in [0, 0.05) is 30.3 Å². The molecule has 2 heterocycles. The second-order valence-electron chi connectivity index (χ2n) is 7.18. The third-order valence-electron chi connectivity index (χ3n) is 5.33. The van der Waals surface area contributed by atoms with Crippen LogP contribution in [-0.2, 0) is 13.1 Å². The fraction of sp³-hybridized carbons (Fsp3) is 0.333. The predicted molar refractivity (Wildman–Crippen MR) is 109 cm³/mol. The lowest BCUT2D eigenvalue weighted by molar-refractivity contribution is -0.384. The summed E-state index contributed by atoms with van der Waals surface area (Å²) in [6.45, 7) is 1.65. The summed E-state index contributed by atoms with van der Waals surface area (Å²) in [5, 5.41) is 15.5. The molecule has 29 heavy (non-hydrogen) atoms. The number of methoxy groups -OCH3 is 1. The summed E-state index contributed by atoms with van der Waals surface area (Å²) >= 11 is 0. The van der Waals surface area contributed by atoms with Gasteiger partial charge in [0.2, 0.25) is 0 Å². The maximum Gasteiger partial charge on any atom is 0.270 e. The number of hydrogen-bond acceptors (Lipinski definition) is 6. The Hall–Kier alpha value is -3.26. The Morgan fingerprint density at radius 3 is 2.93 bits per heavy atom. The number of benzene rings is 2. The topological polar surface area (TPSA) is 86.3 Å². The average Bonchev–Trinajstić information content (AvgIpc) is 3.39. The standard InChI is InChI=1S/C21H23N5O3/c1-29-20-10-3-2-6-16(20)12-18-9-5-11-24(18)15-25-14-22-21(23-25)17-7-4-8-19(13-17)26(27)28/h2-4,6-8,10,13-14,18H,5,9,11-12,15H2,1H3. The molecule has 8 nitrogen and oxygen atoms in total. The van der Waals surface area contributed by atoms with Crippen molar-refractivity contribution in [3.8, 4) is 17.1 Å². The fourth-order valence-electron chi connectivity index (χ4n) is 3.88. The fourth-order valence-corrected chi connectivity index (χ4v) is 3.88. The molecule has 1 saturated heterocycles. The van der Waals surface area contributed by atoms with Gasteiger partial charge < -0.3 is 4.74 Å². The van der Waals surface area contributed by atoms with Gasteiger partial charge in [-0.15, -0.1) is 5.10 Å². The van der Waals surface area contributed by atoms with Crippen LogP contribution in [0.4, 0.5) is 5.69 Å². The van der Waals surface area contributed by atoms with Crippen LogP contribution in [0.2, 0.25) is 0 Å². The lowest BCUT2D eigenvalue weighted by Crippen LogP contribution is -2.33. The number of nitro groups is 1. The lowest BCUT2D eigenvalue weighted by atomic mass is 10.0. The van der Waals surface area contributed by atoms with Gasteiger partial charge in [-0.1, -0.05) is 30.3 Å². The first kappa shape index (κ1) is 19.1. The predicted octanol–water partition coefficient (Wildman–Crippen LogP) is 3.53. The minimum atomic E-state index is -0.410. The minimum Gasteiger partial charge on any atom is -0.496 e. The summed E-state index contributed by atoms with van der Waals surface area (Å²) in [5.41, 5.74) is 1.89. The summed E-state index contributed by atoms with van der Waals surface area (Å²) in [5.74, 6) is 1.42. The van der Waals surface area contributed by atoms with Gasteiger partial charge in [0.15, 0.2) is 5.82 Å². The number of hydrogen-bond donors (Lipinski definition) is 0. The zero-order valence-corrected chi connectivity index (χ0v) is 16.3. The molecule has 0 aliphatic carbocycles. The lowest BCUT2D eigenvalue weighted by Gasteiger charge is -2.24. The van der Waals surface area contributed by atoms with Crippen LogP contribution in [0.25, 0.3) is 11.4 Å². The van der Waals surface area contributed by atoms with E-state index in [0.29, 0.717) is 24.1 Å². The van der Waals surface area contributed by atoms with E-state index >= 15 is 0 Å². The third kappa shape index (κ3) is 4.27. The van der Waals surface area contributed by atoms with Crippen molar-refractivity contribution in [1.29, 1.82) is 0 Å². The third-order valence-corrected chi connectivity index (χ3v) is 5.33. The van der Waals surface area contributed by atoms with Crippen LogP contribution >= 0.6 is 0 Å². The van der Waals surface area contributed by atoms with Crippen molar-refractivity contribution in [2.75, 3.05) is 13.7 Å². The summed E-state index contributed by atoms with van der Waals surface area (Å²) in [6, 6.07) is 15.0. The Morgan fingerprint density at radius 2 is 2.10 bits per heavy atom. The van der Waals surface area contributed by atoms with E-state index in [0.717, 1.165) is 31.6 Å². The monoisotopic (exact) mass is 393 g/mol. The highest BCUT2D eigenvalue weighted by Gasteiger charge is 2.26. The summed E-state index contributed by atoms with van der Waals surface area (Å²) < 4.78 is 7.29. The molecule has 4 rings (SSSR count). The van der Waals surface area contributed by atoms with E-state index in [1.807, 2.05) is 18.2 Å². The van der Waals surface area contributed by atoms with Crippen LogP contribution in [0.5, 0.6) is 5.75 Å². The van der Waals surface area contributed by atoms with Gasteiger partial charge in [0.1, 0.15) is 12.1 Å². The molecule has 0 amide bonds. The van der Waals surface area contributed by atoms with Gasteiger partial charge in [0.05, 0.1) is 18.7 Å². The maximum absolute atomic E-state index is 11.0. The number of nitrogens with zero attached hydrogens (tertiary/aromatic N) is 5. The zero-order valence-electron chi connectivity index (χ0n) is 16.3. The second kappa shape index (κ2) is 8.40. The van der Waals surface area contributed by atoms with E-state index in [1.165, 1.54) is 17.7 Å². The summed E-state index contributed by atoms with van der Waals surface area (Å²) in [4.78, 5) is 17.3. The SMILES string of the molecule is COc1ccccc1CC1CCCN1Cn1cnc(-c2cccc([N+](=O)[O-])c2)n1. The van der Waals surface area contributed by atoms with E-state index in [-0.39, 0.29) is 5.69 Å². The smallest absolute Gasteiger partial charge is 0.270 e. The van der Waals surface area contributed by atoms with Gasteiger partial charge in [-0.25, -0.2) is 9.67 Å². The van der Waals surface area contributed by atoms with Crippen LogP contribution in [0, 0.1) is 10.1 Å². The Morgan fingerprint density at radius 1 is 1.24 bits per heavy atom. The second-order valence-corrected chi connectivity index (χ2v) is 7.18. The average molecular weight is 393 g/mol. The first-order valence-electron chi connectivity index (χ1n) is 9.64. The molecule has 3 aromatic rings. The molecular weight excluding hydrogens is 370 g/mol. The van der Waals surface area contributed by atoms with Gasteiger partial charge >= 0.3 is 0 Å². The van der Waals surface area contributed by atoms with Crippen LogP contribution in [0.3, 0.4) is 0 Å². The molecule has 1 unspecified atom stereocenters. The molecule has 0 saturated carbocycles. The van der Waals surface area contributed by atoms with Crippen LogP contribution < -0.4 is 4.74 Å². The van der Waals surface area contributed by atoms with Crippen molar-refractivity contribution in [3.05, 3.63) is 70.5 Å². The quantitative estimate of drug-likeness (QED) is 0.451. The van der Waals surface area contributed by atoms with Crippen LogP contribution in [0.15, 0.2) is 54.9 Å². The van der Waals surface area contributed by atoms with Crippen LogP contribution in [-0.4, -0.2) is 44.3 Å². The maximum atomic E-state index is 11.0. The molecule has 1 aliphatic heterocycles. The Kier molecular flexibility index (Phi) is 5.53. The van der Waals surface area contributed by atoms with Crippen molar-refractivity contribution in [2.24, 2.45) is 0 Å². The molecule has 1 aliphatic rings. The highest BCUT2D eigenvalue weighted by Crippen LogP contribution is 2.26. The van der Waals surface area contributed by atoms with E-state index in [4.69, 9.17) is 4.74 Å². The first-order valence-corrected chi connectivity index (χ1v) is 9.64. The van der Waals surface area contributed by atoms with E-state index in [2.05, 4.69) is 21.0 Å². The van der Waals surface area contributed by atoms with Crippen molar-refractivity contribution >= 4 is 5.69 Å². The number of rotatable bonds is 7. The van der Waals surface area contributed by atoms with Gasteiger partial charge in [-0.3, -0.25) is 15.0 Å². The van der Waals surface area contributed by atoms with E-state index in [9.17, 15) is 10.1 Å². The van der Waals surface area contributed by atoms with Crippen LogP contribution in [0.1, 0.15) is 18.4 Å². The summed E-state index contributed by atoms with van der Waals surface area (Å²) in [6.07, 6.45) is 4.89. The molecule has 1 fully saturated rings. The van der Waals surface area contributed by atoms with Crippen molar-refractivity contribution < 1.29 is 9.66 Å². The van der Waals surface area contributed by atoms with Crippen molar-refractivity contribution in [1.82, 2.24) is 19.7 Å². The molecule has 1 aromatic heterocycles. The number of para-hydroxylation sites is 1. The number of aromatic nitrogens is 3. The Labute approximate surface area is 168 Å². The largest absolute Gasteiger partial charge is 0.496 e. The Balaban J connectivity index is 1.46. The molecule has 0 bridgehead atoms. The van der Waals surface area contributed by atoms with Crippen molar-refractivity contribution in [3.63, 3.8) is 0 Å². The van der Waals surface area contributed by atoms with Gasteiger partial charge in [-0.2, -0.15) is 0 Å². The van der Waals surface area contributed by atoms with E-state index in [1.54, 1.807) is 30.3 Å². The molecule has 150 valence electrons. The highest BCUT2D eigenvalue weighted by atomic mass is 16.6. The number of likely N-dealkylation sites (tertiary alicyclic amines) is 1. The highest BCUT2D eigenvalue weighted by molar-refractivity contribution is 5.58. The molecule has 2 aromatic carbocycles. The number of ether oxygens (including phenoxy) is 1. The van der Waals surface area contributed by atoms with Gasteiger partial charge in [0.25, 0.3) is 5.69 Å². The zero-order chi connectivity index (χ0) is 20.2. The molecule has 0 radical (unpaired) electrons. The van der Waals surface area contributed by atoms with Gasteiger partial charge in [-0.05, 0) is 30.9 Å². The number of nitro benzene ring substituents is 1. The van der Waals surface area contributed by atoms with E-state index < -0.39 is 4.92 Å². The summed E-state index contributed by atoms with van der Waals surface area (Å²) in [7, 11) is 1.70.